The van der Waals surface area contributed by atoms with Crippen LogP contribution in [0.25, 0.3) is 11.2 Å². The SMILES string of the molecule is ClCCN1CCN(c2ncnc3nc[nH]c23)CC1. The van der Waals surface area contributed by atoms with E-state index in [1.54, 1.807) is 12.7 Å². The standard InChI is InChI=1S/C11H15ClN6/c12-1-2-17-3-5-18(6-4-17)11-9-10(14-7-13-9)15-8-16-11/h7-8H,1-6H2,(H,13,14,15,16). The Bertz CT molecular complexity index is 519. The second-order valence-electron chi connectivity index (χ2n) is 4.32. The van der Waals surface area contributed by atoms with Gasteiger partial charge in [0.2, 0.25) is 0 Å². The van der Waals surface area contributed by atoms with Crippen LogP contribution in [0.4, 0.5) is 5.82 Å². The zero-order chi connectivity index (χ0) is 12.4. The molecule has 1 aliphatic rings. The Balaban J connectivity index is 1.78. The Morgan fingerprint density at radius 1 is 1.17 bits per heavy atom. The molecule has 0 atom stereocenters. The maximum absolute atomic E-state index is 5.76. The van der Waals surface area contributed by atoms with Crippen molar-refractivity contribution in [2.24, 2.45) is 0 Å². The Morgan fingerprint density at radius 2 is 2.00 bits per heavy atom. The first-order valence-electron chi connectivity index (χ1n) is 6.06. The molecule has 0 aliphatic carbocycles. The summed E-state index contributed by atoms with van der Waals surface area (Å²) in [6.45, 7) is 4.92. The minimum atomic E-state index is 0.693. The molecule has 0 unspecified atom stereocenters. The van der Waals surface area contributed by atoms with Crippen molar-refractivity contribution in [2.45, 2.75) is 0 Å². The highest BCUT2D eigenvalue weighted by molar-refractivity contribution is 6.18. The third-order valence-electron chi connectivity index (χ3n) is 3.28. The molecule has 0 saturated carbocycles. The van der Waals surface area contributed by atoms with E-state index in [-0.39, 0.29) is 0 Å². The van der Waals surface area contributed by atoms with Crippen molar-refractivity contribution < 1.29 is 0 Å². The van der Waals surface area contributed by atoms with Gasteiger partial charge in [-0.25, -0.2) is 15.0 Å². The summed E-state index contributed by atoms with van der Waals surface area (Å²) in [7, 11) is 0. The van der Waals surface area contributed by atoms with Crippen LogP contribution in [-0.2, 0) is 0 Å². The van der Waals surface area contributed by atoms with Crippen LogP contribution in [0.15, 0.2) is 12.7 Å². The molecule has 3 rings (SSSR count). The summed E-state index contributed by atoms with van der Waals surface area (Å²) in [5.41, 5.74) is 1.64. The van der Waals surface area contributed by atoms with E-state index in [0.717, 1.165) is 49.7 Å². The largest absolute Gasteiger partial charge is 0.352 e. The number of nitrogens with one attached hydrogen (secondary N) is 1. The van der Waals surface area contributed by atoms with Gasteiger partial charge in [0.1, 0.15) is 11.8 Å². The highest BCUT2D eigenvalue weighted by Gasteiger charge is 2.20. The first-order chi connectivity index (χ1) is 8.88. The number of imidazole rings is 1. The molecule has 96 valence electrons. The van der Waals surface area contributed by atoms with Crippen LogP contribution in [0.2, 0.25) is 0 Å². The van der Waals surface area contributed by atoms with Crippen LogP contribution in [0, 0.1) is 0 Å². The van der Waals surface area contributed by atoms with Crippen LogP contribution in [0.5, 0.6) is 0 Å². The Hall–Kier alpha value is -1.40. The van der Waals surface area contributed by atoms with Crippen LogP contribution >= 0.6 is 11.6 Å². The first kappa shape index (κ1) is 11.7. The van der Waals surface area contributed by atoms with E-state index >= 15 is 0 Å². The molecule has 3 heterocycles. The molecular formula is C11H15ClN6. The molecule has 2 aromatic heterocycles. The summed E-state index contributed by atoms with van der Waals surface area (Å²) in [4.78, 5) is 20.4. The van der Waals surface area contributed by atoms with Gasteiger partial charge in [-0.3, -0.25) is 4.90 Å². The third kappa shape index (κ3) is 2.13. The summed E-state index contributed by atoms with van der Waals surface area (Å²) < 4.78 is 0. The number of piperazine rings is 1. The van der Waals surface area contributed by atoms with Gasteiger partial charge in [0, 0.05) is 38.6 Å². The Kier molecular flexibility index (Phi) is 3.29. The molecule has 7 heteroatoms. The summed E-state index contributed by atoms with van der Waals surface area (Å²) in [6, 6.07) is 0. The Labute approximate surface area is 110 Å². The first-order valence-corrected chi connectivity index (χ1v) is 6.59. The van der Waals surface area contributed by atoms with Crippen molar-refractivity contribution in [3.8, 4) is 0 Å². The van der Waals surface area contributed by atoms with Gasteiger partial charge >= 0.3 is 0 Å². The molecule has 6 nitrogen and oxygen atoms in total. The van der Waals surface area contributed by atoms with Gasteiger partial charge in [0.05, 0.1) is 6.33 Å². The van der Waals surface area contributed by atoms with Gasteiger partial charge in [-0.2, -0.15) is 0 Å². The third-order valence-corrected chi connectivity index (χ3v) is 3.44. The van der Waals surface area contributed by atoms with E-state index in [1.165, 1.54) is 0 Å². The summed E-state index contributed by atoms with van der Waals surface area (Å²) in [5, 5.41) is 0. The number of fused-ring (bicyclic) bond motifs is 1. The van der Waals surface area contributed by atoms with Gasteiger partial charge in [-0.1, -0.05) is 0 Å². The number of aromatic amines is 1. The number of anilines is 1. The van der Waals surface area contributed by atoms with Crippen LogP contribution in [-0.4, -0.2) is 63.4 Å². The fourth-order valence-electron chi connectivity index (χ4n) is 2.29. The number of hydrogen-bond acceptors (Lipinski definition) is 5. The number of rotatable bonds is 3. The lowest BCUT2D eigenvalue weighted by Crippen LogP contribution is -2.47. The molecular weight excluding hydrogens is 252 g/mol. The van der Waals surface area contributed by atoms with Gasteiger partial charge < -0.3 is 9.88 Å². The second-order valence-corrected chi connectivity index (χ2v) is 4.69. The molecule has 0 radical (unpaired) electrons. The molecule has 1 N–H and O–H groups in total. The van der Waals surface area contributed by atoms with Crippen molar-refractivity contribution in [1.82, 2.24) is 24.8 Å². The highest BCUT2D eigenvalue weighted by Crippen LogP contribution is 2.20. The molecule has 18 heavy (non-hydrogen) atoms. The Morgan fingerprint density at radius 3 is 2.78 bits per heavy atom. The normalized spacial score (nSPS) is 17.5. The van der Waals surface area contributed by atoms with Crippen molar-refractivity contribution in [2.75, 3.05) is 43.5 Å². The van der Waals surface area contributed by atoms with E-state index in [1.807, 2.05) is 0 Å². The lowest BCUT2D eigenvalue weighted by molar-refractivity contribution is 0.272. The van der Waals surface area contributed by atoms with Gasteiger partial charge in [0.25, 0.3) is 0 Å². The lowest BCUT2D eigenvalue weighted by atomic mass is 10.3. The fourth-order valence-corrected chi connectivity index (χ4v) is 2.53. The fraction of sp³-hybridized carbons (Fsp3) is 0.545. The highest BCUT2D eigenvalue weighted by atomic mass is 35.5. The monoisotopic (exact) mass is 266 g/mol. The van der Waals surface area contributed by atoms with Crippen LogP contribution in [0.1, 0.15) is 0 Å². The van der Waals surface area contributed by atoms with Crippen molar-refractivity contribution in [3.63, 3.8) is 0 Å². The number of hydrogen-bond donors (Lipinski definition) is 1. The summed E-state index contributed by atoms with van der Waals surface area (Å²) in [6.07, 6.45) is 3.23. The summed E-state index contributed by atoms with van der Waals surface area (Å²) >= 11 is 5.76. The molecule has 1 saturated heterocycles. The topological polar surface area (TPSA) is 60.9 Å². The number of alkyl halides is 1. The lowest BCUT2D eigenvalue weighted by Gasteiger charge is -2.35. The molecule has 1 aliphatic heterocycles. The predicted molar refractivity (Wildman–Crippen MR) is 71.1 cm³/mol. The van der Waals surface area contributed by atoms with Gasteiger partial charge in [-0.15, -0.1) is 11.6 Å². The number of aromatic nitrogens is 4. The van der Waals surface area contributed by atoms with Gasteiger partial charge in [-0.05, 0) is 0 Å². The van der Waals surface area contributed by atoms with Crippen molar-refractivity contribution >= 4 is 28.6 Å². The van der Waals surface area contributed by atoms with Crippen LogP contribution in [0.3, 0.4) is 0 Å². The molecule has 0 spiro atoms. The molecule has 0 amide bonds. The smallest absolute Gasteiger partial charge is 0.182 e. The molecule has 1 fully saturated rings. The number of nitrogens with zero attached hydrogens (tertiary/aromatic N) is 5. The summed E-state index contributed by atoms with van der Waals surface area (Å²) in [5.74, 6) is 1.64. The predicted octanol–water partition coefficient (Wildman–Crippen LogP) is 0.714. The van der Waals surface area contributed by atoms with Crippen LogP contribution < -0.4 is 4.90 Å². The second kappa shape index (κ2) is 5.07. The number of halogens is 1. The van der Waals surface area contributed by atoms with E-state index in [2.05, 4.69) is 29.7 Å². The number of H-pyrrole nitrogens is 1. The van der Waals surface area contributed by atoms with E-state index in [0.29, 0.717) is 5.88 Å². The molecule has 0 aromatic carbocycles. The molecule has 0 bridgehead atoms. The average molecular weight is 267 g/mol. The average Bonchev–Trinajstić information content (AvgIpc) is 2.88. The van der Waals surface area contributed by atoms with Crippen molar-refractivity contribution in [1.29, 1.82) is 0 Å². The maximum atomic E-state index is 5.76. The zero-order valence-corrected chi connectivity index (χ0v) is 10.8. The van der Waals surface area contributed by atoms with Crippen molar-refractivity contribution in [3.05, 3.63) is 12.7 Å². The van der Waals surface area contributed by atoms with E-state index in [4.69, 9.17) is 11.6 Å². The maximum Gasteiger partial charge on any atom is 0.182 e. The zero-order valence-electron chi connectivity index (χ0n) is 10.0. The van der Waals surface area contributed by atoms with Gasteiger partial charge in [0.15, 0.2) is 11.5 Å². The minimum Gasteiger partial charge on any atom is -0.352 e. The molecule has 2 aromatic rings. The van der Waals surface area contributed by atoms with E-state index in [9.17, 15) is 0 Å². The minimum absolute atomic E-state index is 0.693. The van der Waals surface area contributed by atoms with E-state index < -0.39 is 0 Å². The quantitative estimate of drug-likeness (QED) is 0.830.